The fourth-order valence-corrected chi connectivity index (χ4v) is 3.65. The summed E-state index contributed by atoms with van der Waals surface area (Å²) >= 11 is 1.83. The molecule has 17 heavy (non-hydrogen) atoms. The minimum absolute atomic E-state index is 1.03. The zero-order valence-electron chi connectivity index (χ0n) is 9.26. The van der Waals surface area contributed by atoms with E-state index in [1.165, 1.54) is 29.8 Å². The molecule has 0 aromatic carbocycles. The first-order valence-electron chi connectivity index (χ1n) is 5.82. The summed E-state index contributed by atoms with van der Waals surface area (Å²) in [7, 11) is 0. The van der Waals surface area contributed by atoms with Crippen molar-refractivity contribution in [2.45, 2.75) is 19.3 Å². The molecule has 0 saturated heterocycles. The molecule has 0 atom stereocenters. The van der Waals surface area contributed by atoms with E-state index >= 15 is 0 Å². The van der Waals surface area contributed by atoms with E-state index in [1.54, 1.807) is 6.20 Å². The van der Waals surface area contributed by atoms with Crippen molar-refractivity contribution in [1.29, 1.82) is 0 Å². The van der Waals surface area contributed by atoms with Gasteiger partial charge in [-0.25, -0.2) is 4.98 Å². The average molecular weight is 241 g/mol. The van der Waals surface area contributed by atoms with Gasteiger partial charge in [0, 0.05) is 34.7 Å². The molecule has 3 nitrogen and oxygen atoms in total. The van der Waals surface area contributed by atoms with E-state index in [0.29, 0.717) is 0 Å². The molecule has 0 spiro atoms. The molecule has 0 unspecified atom stereocenters. The van der Waals surface area contributed by atoms with Gasteiger partial charge < -0.3 is 0 Å². The van der Waals surface area contributed by atoms with Gasteiger partial charge in [0.2, 0.25) is 0 Å². The number of nitrogens with zero attached hydrogens (tertiary/aromatic N) is 3. The van der Waals surface area contributed by atoms with E-state index in [-0.39, 0.29) is 0 Å². The van der Waals surface area contributed by atoms with Crippen LogP contribution in [0.5, 0.6) is 0 Å². The van der Waals surface area contributed by atoms with Gasteiger partial charge in [-0.1, -0.05) is 0 Å². The van der Waals surface area contributed by atoms with E-state index < -0.39 is 0 Å². The summed E-state index contributed by atoms with van der Waals surface area (Å²) in [6.07, 6.45) is 9.51. The SMILES string of the molecule is c1cncc(-c2cn3c4c(sc3n2)CCC4)c1. The second kappa shape index (κ2) is 3.40. The lowest BCUT2D eigenvalue weighted by atomic mass is 10.2. The van der Waals surface area contributed by atoms with Gasteiger partial charge in [0.25, 0.3) is 0 Å². The summed E-state index contributed by atoms with van der Waals surface area (Å²) in [5, 5.41) is 0. The Kier molecular flexibility index (Phi) is 1.87. The summed E-state index contributed by atoms with van der Waals surface area (Å²) in [6, 6.07) is 4.01. The van der Waals surface area contributed by atoms with Crippen LogP contribution in [0, 0.1) is 0 Å². The third kappa shape index (κ3) is 1.34. The lowest BCUT2D eigenvalue weighted by Gasteiger charge is -1.93. The number of hydrogen-bond acceptors (Lipinski definition) is 3. The molecule has 4 rings (SSSR count). The van der Waals surface area contributed by atoms with Crippen LogP contribution in [-0.2, 0) is 12.8 Å². The molecule has 4 heteroatoms. The Balaban J connectivity index is 1.91. The summed E-state index contributed by atoms with van der Waals surface area (Å²) in [6.45, 7) is 0. The van der Waals surface area contributed by atoms with Crippen molar-refractivity contribution in [1.82, 2.24) is 14.4 Å². The summed E-state index contributed by atoms with van der Waals surface area (Å²) in [4.78, 5) is 11.5. The Morgan fingerprint density at radius 2 is 2.29 bits per heavy atom. The van der Waals surface area contributed by atoms with Crippen molar-refractivity contribution < 1.29 is 0 Å². The number of rotatable bonds is 1. The summed E-state index contributed by atoms with van der Waals surface area (Å²) in [5.74, 6) is 0. The first kappa shape index (κ1) is 9.36. The van der Waals surface area contributed by atoms with Gasteiger partial charge >= 0.3 is 0 Å². The molecule has 0 amide bonds. The zero-order valence-corrected chi connectivity index (χ0v) is 10.1. The maximum atomic E-state index is 4.69. The molecule has 1 aliphatic rings. The quantitative estimate of drug-likeness (QED) is 0.655. The number of imidazole rings is 1. The van der Waals surface area contributed by atoms with E-state index in [1.807, 2.05) is 23.6 Å². The van der Waals surface area contributed by atoms with E-state index in [0.717, 1.165) is 16.2 Å². The molecular formula is C13H11N3S. The second-order valence-electron chi connectivity index (χ2n) is 4.35. The average Bonchev–Trinajstić information content (AvgIpc) is 3.00. The highest BCUT2D eigenvalue weighted by atomic mass is 32.1. The number of fused-ring (bicyclic) bond motifs is 3. The van der Waals surface area contributed by atoms with Crippen LogP contribution in [0.2, 0.25) is 0 Å². The number of hydrogen-bond donors (Lipinski definition) is 0. The van der Waals surface area contributed by atoms with Crippen LogP contribution in [0.1, 0.15) is 17.0 Å². The van der Waals surface area contributed by atoms with Gasteiger partial charge in [-0.15, -0.1) is 11.3 Å². The predicted octanol–water partition coefficient (Wildman–Crippen LogP) is 2.95. The third-order valence-corrected chi connectivity index (χ3v) is 4.43. The minimum atomic E-state index is 1.03. The maximum Gasteiger partial charge on any atom is 0.194 e. The van der Waals surface area contributed by atoms with Crippen molar-refractivity contribution in [2.24, 2.45) is 0 Å². The Hall–Kier alpha value is -1.68. The highest BCUT2D eigenvalue weighted by molar-refractivity contribution is 7.17. The third-order valence-electron chi connectivity index (χ3n) is 3.28. The molecule has 3 aromatic heterocycles. The number of thiazole rings is 1. The fourth-order valence-electron chi connectivity index (χ4n) is 2.46. The van der Waals surface area contributed by atoms with Crippen molar-refractivity contribution >= 4 is 16.3 Å². The number of aromatic nitrogens is 3. The van der Waals surface area contributed by atoms with Crippen LogP contribution in [0.3, 0.4) is 0 Å². The first-order valence-corrected chi connectivity index (χ1v) is 6.63. The lowest BCUT2D eigenvalue weighted by molar-refractivity contribution is 0.888. The minimum Gasteiger partial charge on any atom is -0.294 e. The predicted molar refractivity (Wildman–Crippen MR) is 68.3 cm³/mol. The van der Waals surface area contributed by atoms with Crippen LogP contribution in [0.15, 0.2) is 30.7 Å². The van der Waals surface area contributed by atoms with Crippen molar-refractivity contribution in [3.05, 3.63) is 41.3 Å². The molecule has 0 aliphatic heterocycles. The first-order chi connectivity index (χ1) is 8.42. The molecule has 84 valence electrons. The van der Waals surface area contributed by atoms with Crippen LogP contribution >= 0.6 is 11.3 Å². The van der Waals surface area contributed by atoms with E-state index in [2.05, 4.69) is 26.6 Å². The molecule has 0 saturated carbocycles. The van der Waals surface area contributed by atoms with Gasteiger partial charge in [0.05, 0.1) is 5.69 Å². The molecule has 3 heterocycles. The lowest BCUT2D eigenvalue weighted by Crippen LogP contribution is -1.85. The highest BCUT2D eigenvalue weighted by Gasteiger charge is 2.19. The summed E-state index contributed by atoms with van der Waals surface area (Å²) < 4.78 is 2.26. The van der Waals surface area contributed by atoms with Gasteiger partial charge in [-0.2, -0.15) is 0 Å². The second-order valence-corrected chi connectivity index (χ2v) is 5.41. The van der Waals surface area contributed by atoms with Gasteiger partial charge in [0.15, 0.2) is 4.96 Å². The molecule has 1 aliphatic carbocycles. The molecule has 0 fully saturated rings. The van der Waals surface area contributed by atoms with Crippen molar-refractivity contribution in [3.63, 3.8) is 0 Å². The Labute approximate surface area is 103 Å². The zero-order chi connectivity index (χ0) is 11.2. The van der Waals surface area contributed by atoms with Crippen LogP contribution in [0.4, 0.5) is 0 Å². The van der Waals surface area contributed by atoms with Crippen molar-refractivity contribution in [3.8, 4) is 11.3 Å². The van der Waals surface area contributed by atoms with Crippen LogP contribution in [-0.4, -0.2) is 14.4 Å². The van der Waals surface area contributed by atoms with Gasteiger partial charge in [-0.3, -0.25) is 9.38 Å². The Morgan fingerprint density at radius 3 is 3.18 bits per heavy atom. The molecule has 0 bridgehead atoms. The Morgan fingerprint density at radius 1 is 1.29 bits per heavy atom. The van der Waals surface area contributed by atoms with E-state index in [4.69, 9.17) is 0 Å². The molecule has 0 radical (unpaired) electrons. The van der Waals surface area contributed by atoms with Gasteiger partial charge in [-0.05, 0) is 31.4 Å². The van der Waals surface area contributed by atoms with Crippen molar-refractivity contribution in [2.75, 3.05) is 0 Å². The molecule has 3 aromatic rings. The molecule has 0 N–H and O–H groups in total. The fraction of sp³-hybridized carbons (Fsp3) is 0.231. The topological polar surface area (TPSA) is 30.2 Å². The van der Waals surface area contributed by atoms with E-state index in [9.17, 15) is 0 Å². The summed E-state index contributed by atoms with van der Waals surface area (Å²) in [5.41, 5.74) is 3.59. The number of aryl methyl sites for hydroxylation is 2. The normalized spacial score (nSPS) is 14.4. The van der Waals surface area contributed by atoms with Crippen LogP contribution in [0.25, 0.3) is 16.2 Å². The number of pyridine rings is 1. The molecular weight excluding hydrogens is 230 g/mol. The highest BCUT2D eigenvalue weighted by Crippen LogP contribution is 2.32. The maximum absolute atomic E-state index is 4.69. The smallest absolute Gasteiger partial charge is 0.194 e. The largest absolute Gasteiger partial charge is 0.294 e. The monoisotopic (exact) mass is 241 g/mol. The van der Waals surface area contributed by atoms with Gasteiger partial charge in [0.1, 0.15) is 0 Å². The van der Waals surface area contributed by atoms with Crippen LogP contribution < -0.4 is 0 Å². The Bertz CT molecular complexity index is 681. The standard InChI is InChI=1S/C13H11N3S/c1-4-11-12(5-1)17-13-15-10(8-16(11)13)9-3-2-6-14-7-9/h2-3,6-8H,1,4-5H2.